The fourth-order valence-electron chi connectivity index (χ4n) is 3.69. The van der Waals surface area contributed by atoms with Crippen molar-refractivity contribution < 1.29 is 4.79 Å². The fourth-order valence-corrected chi connectivity index (χ4v) is 3.69. The molecule has 0 aromatic heterocycles. The summed E-state index contributed by atoms with van der Waals surface area (Å²) in [6.07, 6.45) is 7.10. The van der Waals surface area contributed by atoms with Gasteiger partial charge in [0.1, 0.15) is 0 Å². The van der Waals surface area contributed by atoms with Gasteiger partial charge in [0, 0.05) is 25.2 Å². The van der Waals surface area contributed by atoms with Crippen LogP contribution in [0.3, 0.4) is 0 Å². The summed E-state index contributed by atoms with van der Waals surface area (Å²) in [7, 11) is 0. The van der Waals surface area contributed by atoms with Crippen molar-refractivity contribution in [2.45, 2.75) is 64.5 Å². The molecule has 0 bridgehead atoms. The zero-order valence-corrected chi connectivity index (χ0v) is 13.2. The van der Waals surface area contributed by atoms with Gasteiger partial charge in [-0.2, -0.15) is 0 Å². The van der Waals surface area contributed by atoms with Crippen LogP contribution in [0.15, 0.2) is 0 Å². The molecule has 2 aliphatic rings. The molecule has 3 atom stereocenters. The van der Waals surface area contributed by atoms with Gasteiger partial charge in [-0.05, 0) is 57.9 Å². The summed E-state index contributed by atoms with van der Waals surface area (Å²) in [5, 5.41) is 0. The Kier molecular flexibility index (Phi) is 5.85. The Hall–Kier alpha value is -0.610. The molecule has 2 saturated heterocycles. The zero-order valence-electron chi connectivity index (χ0n) is 13.2. The number of hydrogen-bond acceptors (Lipinski definition) is 3. The van der Waals surface area contributed by atoms with Crippen LogP contribution in [0.4, 0.5) is 0 Å². The van der Waals surface area contributed by atoms with Gasteiger partial charge in [-0.15, -0.1) is 0 Å². The van der Waals surface area contributed by atoms with Crippen LogP contribution in [-0.4, -0.2) is 54.0 Å². The molecule has 20 heavy (non-hydrogen) atoms. The highest BCUT2D eigenvalue weighted by Crippen LogP contribution is 2.23. The third-order valence-electron chi connectivity index (χ3n) is 5.20. The molecule has 116 valence electrons. The maximum atomic E-state index is 12.6. The average Bonchev–Trinajstić information content (AvgIpc) is 2.49. The van der Waals surface area contributed by atoms with E-state index in [-0.39, 0.29) is 0 Å². The van der Waals surface area contributed by atoms with E-state index in [0.29, 0.717) is 30.5 Å². The van der Waals surface area contributed by atoms with Crippen LogP contribution < -0.4 is 5.73 Å². The van der Waals surface area contributed by atoms with E-state index < -0.39 is 0 Å². The minimum atomic E-state index is 0.334. The summed E-state index contributed by atoms with van der Waals surface area (Å²) < 4.78 is 0. The number of rotatable bonds is 4. The normalized spacial score (nSPS) is 32.4. The summed E-state index contributed by atoms with van der Waals surface area (Å²) in [6.45, 7) is 7.73. The number of hydrogen-bond donors (Lipinski definition) is 1. The average molecular weight is 281 g/mol. The highest BCUT2D eigenvalue weighted by molar-refractivity contribution is 5.78. The highest BCUT2D eigenvalue weighted by Gasteiger charge is 2.30. The molecule has 0 spiro atoms. The lowest BCUT2D eigenvalue weighted by molar-refractivity contribution is -0.137. The molecule has 0 aromatic rings. The second-order valence-corrected chi connectivity index (χ2v) is 6.60. The Labute approximate surface area is 123 Å². The van der Waals surface area contributed by atoms with Crippen molar-refractivity contribution in [3.05, 3.63) is 0 Å². The van der Waals surface area contributed by atoms with Crippen molar-refractivity contribution in [1.82, 2.24) is 9.80 Å². The lowest BCUT2D eigenvalue weighted by Gasteiger charge is -2.40. The first kappa shape index (κ1) is 15.8. The minimum Gasteiger partial charge on any atom is -0.339 e. The molecule has 0 aliphatic carbocycles. The largest absolute Gasteiger partial charge is 0.339 e. The number of nitrogens with two attached hydrogens (primary N) is 1. The van der Waals surface area contributed by atoms with Crippen LogP contribution in [-0.2, 0) is 4.79 Å². The summed E-state index contributed by atoms with van der Waals surface area (Å²) in [6, 6.07) is 0.994. The van der Waals surface area contributed by atoms with Crippen LogP contribution >= 0.6 is 0 Å². The summed E-state index contributed by atoms with van der Waals surface area (Å²) in [5.74, 6) is 0.906. The van der Waals surface area contributed by atoms with Crippen LogP contribution in [0.25, 0.3) is 0 Å². The van der Waals surface area contributed by atoms with Crippen molar-refractivity contribution in [2.75, 3.05) is 26.2 Å². The molecule has 3 unspecified atom stereocenters. The second kappa shape index (κ2) is 7.41. The SMILES string of the molecule is CCC1CCCCN1C(=O)CN1CC(CN)CCC1C. The topological polar surface area (TPSA) is 49.6 Å². The molecule has 2 N–H and O–H groups in total. The molecule has 2 rings (SSSR count). The van der Waals surface area contributed by atoms with Crippen molar-refractivity contribution in [1.29, 1.82) is 0 Å². The standard InChI is InChI=1S/C16H31N3O/c1-3-15-6-4-5-9-19(15)16(20)12-18-11-14(10-17)8-7-13(18)2/h13-15H,3-12,17H2,1-2H3. The summed E-state index contributed by atoms with van der Waals surface area (Å²) in [5.41, 5.74) is 5.81. The molecule has 2 aliphatic heterocycles. The van der Waals surface area contributed by atoms with Crippen molar-refractivity contribution in [2.24, 2.45) is 11.7 Å². The minimum absolute atomic E-state index is 0.334. The van der Waals surface area contributed by atoms with Gasteiger partial charge in [0.2, 0.25) is 5.91 Å². The van der Waals surface area contributed by atoms with Gasteiger partial charge in [-0.1, -0.05) is 6.92 Å². The van der Waals surface area contributed by atoms with E-state index in [1.54, 1.807) is 0 Å². The van der Waals surface area contributed by atoms with Gasteiger partial charge >= 0.3 is 0 Å². The van der Waals surface area contributed by atoms with Crippen molar-refractivity contribution >= 4 is 5.91 Å². The Morgan fingerprint density at radius 3 is 2.75 bits per heavy atom. The van der Waals surface area contributed by atoms with E-state index in [1.165, 1.54) is 32.1 Å². The van der Waals surface area contributed by atoms with Crippen molar-refractivity contribution in [3.8, 4) is 0 Å². The third-order valence-corrected chi connectivity index (χ3v) is 5.20. The number of likely N-dealkylation sites (tertiary alicyclic amines) is 2. The Balaban J connectivity index is 1.91. The first-order chi connectivity index (χ1) is 9.65. The van der Waals surface area contributed by atoms with Gasteiger partial charge in [0.05, 0.1) is 6.54 Å². The van der Waals surface area contributed by atoms with Crippen LogP contribution in [0.2, 0.25) is 0 Å². The zero-order chi connectivity index (χ0) is 14.5. The Morgan fingerprint density at radius 2 is 2.05 bits per heavy atom. The van der Waals surface area contributed by atoms with Crippen LogP contribution in [0.1, 0.15) is 52.4 Å². The van der Waals surface area contributed by atoms with Gasteiger partial charge in [-0.25, -0.2) is 0 Å². The van der Waals surface area contributed by atoms with Gasteiger partial charge in [0.15, 0.2) is 0 Å². The number of carbonyl (C=O) groups is 1. The molecule has 2 fully saturated rings. The monoisotopic (exact) mass is 281 g/mol. The van der Waals surface area contributed by atoms with E-state index in [4.69, 9.17) is 5.73 Å². The Morgan fingerprint density at radius 1 is 1.25 bits per heavy atom. The molecule has 2 heterocycles. The summed E-state index contributed by atoms with van der Waals surface area (Å²) >= 11 is 0. The number of nitrogens with zero attached hydrogens (tertiary/aromatic N) is 2. The smallest absolute Gasteiger partial charge is 0.237 e. The molecule has 0 saturated carbocycles. The van der Waals surface area contributed by atoms with E-state index in [0.717, 1.165) is 26.1 Å². The molecular weight excluding hydrogens is 250 g/mol. The predicted octanol–water partition coefficient (Wildman–Crippen LogP) is 1.84. The molecular formula is C16H31N3O. The van der Waals surface area contributed by atoms with Gasteiger partial charge in [0.25, 0.3) is 0 Å². The summed E-state index contributed by atoms with van der Waals surface area (Å²) in [4.78, 5) is 17.1. The van der Waals surface area contributed by atoms with E-state index in [1.807, 2.05) is 0 Å². The Bertz CT molecular complexity index is 321. The van der Waals surface area contributed by atoms with Gasteiger partial charge < -0.3 is 10.6 Å². The lowest BCUT2D eigenvalue weighted by atomic mass is 9.93. The van der Waals surface area contributed by atoms with Crippen LogP contribution in [0, 0.1) is 5.92 Å². The van der Waals surface area contributed by atoms with E-state index in [2.05, 4.69) is 23.6 Å². The van der Waals surface area contributed by atoms with E-state index in [9.17, 15) is 4.79 Å². The quantitative estimate of drug-likeness (QED) is 0.855. The van der Waals surface area contributed by atoms with Crippen LogP contribution in [0.5, 0.6) is 0 Å². The van der Waals surface area contributed by atoms with E-state index >= 15 is 0 Å². The second-order valence-electron chi connectivity index (χ2n) is 6.60. The first-order valence-corrected chi connectivity index (χ1v) is 8.39. The highest BCUT2D eigenvalue weighted by atomic mass is 16.2. The number of piperidine rings is 2. The molecule has 0 aromatic carbocycles. The molecule has 4 nitrogen and oxygen atoms in total. The predicted molar refractivity (Wildman–Crippen MR) is 82.5 cm³/mol. The molecule has 1 amide bonds. The number of amides is 1. The maximum Gasteiger partial charge on any atom is 0.237 e. The number of carbonyl (C=O) groups excluding carboxylic acids is 1. The molecule has 0 radical (unpaired) electrons. The molecule has 4 heteroatoms. The first-order valence-electron chi connectivity index (χ1n) is 8.39. The maximum absolute atomic E-state index is 12.6. The lowest BCUT2D eigenvalue weighted by Crippen LogP contribution is -2.52. The van der Waals surface area contributed by atoms with Crippen molar-refractivity contribution in [3.63, 3.8) is 0 Å². The van der Waals surface area contributed by atoms with Gasteiger partial charge in [-0.3, -0.25) is 9.69 Å². The fraction of sp³-hybridized carbons (Fsp3) is 0.938. The third kappa shape index (κ3) is 3.73.